The lowest BCUT2D eigenvalue weighted by atomic mass is 9.99. The molecule has 98 valence electrons. The smallest absolute Gasteiger partial charge is 0.326 e. The summed E-state index contributed by atoms with van der Waals surface area (Å²) < 4.78 is 0. The average molecular weight is 252 g/mol. The van der Waals surface area contributed by atoms with Gasteiger partial charge in [-0.3, -0.25) is 0 Å². The van der Waals surface area contributed by atoms with Gasteiger partial charge in [0.15, 0.2) is 0 Å². The van der Waals surface area contributed by atoms with Crippen LogP contribution >= 0.6 is 0 Å². The molecule has 18 heavy (non-hydrogen) atoms. The van der Waals surface area contributed by atoms with Crippen LogP contribution in [0.25, 0.3) is 0 Å². The molecule has 7 nitrogen and oxygen atoms in total. The molecule has 7 heteroatoms. The zero-order valence-electron chi connectivity index (χ0n) is 10.3. The van der Waals surface area contributed by atoms with Gasteiger partial charge < -0.3 is 15.7 Å². The highest BCUT2D eigenvalue weighted by Crippen LogP contribution is 2.08. The van der Waals surface area contributed by atoms with Gasteiger partial charge >= 0.3 is 12.0 Å². The number of carboxylic acids is 1. The maximum Gasteiger partial charge on any atom is 0.326 e. The van der Waals surface area contributed by atoms with Crippen LogP contribution in [0.5, 0.6) is 0 Å². The summed E-state index contributed by atoms with van der Waals surface area (Å²) in [6.07, 6.45) is 4.84. The standard InChI is InChI=1S/C11H16N4O3/c1-3-7(2)9(10(16)17)15-11(18)14-8-4-12-6-13-5-8/h4-7,9H,3H2,1-2H3,(H,16,17)(H2,14,15,18)/t7-,9-/m0/s1. The second-order valence-electron chi connectivity index (χ2n) is 3.93. The number of aliphatic carboxylic acids is 1. The topological polar surface area (TPSA) is 104 Å². The molecule has 0 aliphatic carbocycles. The van der Waals surface area contributed by atoms with Gasteiger partial charge in [0, 0.05) is 0 Å². The normalized spacial score (nSPS) is 13.4. The van der Waals surface area contributed by atoms with Crippen LogP contribution in [-0.2, 0) is 4.79 Å². The van der Waals surface area contributed by atoms with Crippen molar-refractivity contribution >= 4 is 17.7 Å². The molecule has 0 unspecified atom stereocenters. The number of carbonyl (C=O) groups excluding carboxylic acids is 1. The Morgan fingerprint density at radius 3 is 2.50 bits per heavy atom. The Balaban J connectivity index is 2.60. The molecule has 0 aromatic carbocycles. The molecule has 0 fully saturated rings. The van der Waals surface area contributed by atoms with Crippen molar-refractivity contribution in [2.45, 2.75) is 26.3 Å². The number of hydrogen-bond acceptors (Lipinski definition) is 4. The molecule has 2 atom stereocenters. The lowest BCUT2D eigenvalue weighted by Gasteiger charge is -2.20. The third kappa shape index (κ3) is 4.00. The molecule has 0 spiro atoms. The summed E-state index contributed by atoms with van der Waals surface area (Å²) in [6.45, 7) is 3.63. The van der Waals surface area contributed by atoms with E-state index in [-0.39, 0.29) is 5.92 Å². The molecular weight excluding hydrogens is 236 g/mol. The van der Waals surface area contributed by atoms with Crippen LogP contribution < -0.4 is 10.6 Å². The maximum atomic E-state index is 11.6. The summed E-state index contributed by atoms with van der Waals surface area (Å²) in [6, 6.07) is -1.50. The number of anilines is 1. The van der Waals surface area contributed by atoms with Crippen LogP contribution in [-0.4, -0.2) is 33.1 Å². The minimum Gasteiger partial charge on any atom is -0.480 e. The minimum atomic E-state index is -1.05. The summed E-state index contributed by atoms with van der Waals surface area (Å²) in [7, 11) is 0. The van der Waals surface area contributed by atoms with Crippen LogP contribution in [0.4, 0.5) is 10.5 Å². The third-order valence-corrected chi connectivity index (χ3v) is 2.58. The van der Waals surface area contributed by atoms with E-state index in [9.17, 15) is 9.59 Å². The first kappa shape index (κ1) is 13.9. The Hall–Kier alpha value is -2.18. The highest BCUT2D eigenvalue weighted by atomic mass is 16.4. The van der Waals surface area contributed by atoms with Crippen molar-refractivity contribution in [1.82, 2.24) is 15.3 Å². The van der Waals surface area contributed by atoms with Gasteiger partial charge in [0.1, 0.15) is 12.4 Å². The summed E-state index contributed by atoms with van der Waals surface area (Å²) in [5.74, 6) is -1.20. The van der Waals surface area contributed by atoms with Gasteiger partial charge in [-0.25, -0.2) is 19.6 Å². The van der Waals surface area contributed by atoms with E-state index in [1.54, 1.807) is 6.92 Å². The number of amides is 2. The zero-order chi connectivity index (χ0) is 13.5. The molecule has 1 aromatic rings. The number of aromatic nitrogens is 2. The van der Waals surface area contributed by atoms with E-state index in [1.807, 2.05) is 6.92 Å². The van der Waals surface area contributed by atoms with E-state index in [4.69, 9.17) is 5.11 Å². The molecule has 0 aliphatic heterocycles. The fourth-order valence-electron chi connectivity index (χ4n) is 1.36. The van der Waals surface area contributed by atoms with Crippen molar-refractivity contribution in [3.63, 3.8) is 0 Å². The summed E-state index contributed by atoms with van der Waals surface area (Å²) >= 11 is 0. The van der Waals surface area contributed by atoms with Crippen molar-refractivity contribution in [3.05, 3.63) is 18.7 Å². The quantitative estimate of drug-likeness (QED) is 0.727. The number of nitrogens with one attached hydrogen (secondary N) is 2. The minimum absolute atomic E-state index is 0.153. The van der Waals surface area contributed by atoms with Gasteiger partial charge in [-0.1, -0.05) is 20.3 Å². The first-order valence-electron chi connectivity index (χ1n) is 5.60. The lowest BCUT2D eigenvalue weighted by molar-refractivity contribution is -0.140. The van der Waals surface area contributed by atoms with Crippen LogP contribution in [0.1, 0.15) is 20.3 Å². The molecule has 0 bridgehead atoms. The molecular formula is C11H16N4O3. The largest absolute Gasteiger partial charge is 0.480 e. The molecule has 2 amide bonds. The summed E-state index contributed by atoms with van der Waals surface area (Å²) in [4.78, 5) is 30.1. The first-order valence-corrected chi connectivity index (χ1v) is 5.60. The van der Waals surface area contributed by atoms with E-state index in [2.05, 4.69) is 20.6 Å². The van der Waals surface area contributed by atoms with E-state index < -0.39 is 18.0 Å². The fraction of sp³-hybridized carbons (Fsp3) is 0.455. The Morgan fingerprint density at radius 2 is 2.00 bits per heavy atom. The number of carboxylic acid groups (broad SMARTS) is 1. The fourth-order valence-corrected chi connectivity index (χ4v) is 1.36. The molecule has 0 saturated heterocycles. The molecule has 0 saturated carbocycles. The lowest BCUT2D eigenvalue weighted by Crippen LogP contribution is -2.46. The highest BCUT2D eigenvalue weighted by Gasteiger charge is 2.25. The monoisotopic (exact) mass is 252 g/mol. The average Bonchev–Trinajstić information content (AvgIpc) is 2.36. The number of urea groups is 1. The van der Waals surface area contributed by atoms with Gasteiger partial charge in [-0.15, -0.1) is 0 Å². The molecule has 1 aromatic heterocycles. The van der Waals surface area contributed by atoms with E-state index in [0.717, 1.165) is 0 Å². The zero-order valence-corrected chi connectivity index (χ0v) is 10.3. The van der Waals surface area contributed by atoms with Crippen LogP contribution in [0, 0.1) is 5.92 Å². The predicted octanol–water partition coefficient (Wildman–Crippen LogP) is 1.10. The second kappa shape index (κ2) is 6.53. The molecule has 3 N–H and O–H groups in total. The molecule has 1 rings (SSSR count). The van der Waals surface area contributed by atoms with Crippen LogP contribution in [0.3, 0.4) is 0 Å². The predicted molar refractivity (Wildman–Crippen MR) is 65.1 cm³/mol. The Labute approximate surface area is 105 Å². The van der Waals surface area contributed by atoms with Crippen molar-refractivity contribution in [3.8, 4) is 0 Å². The van der Waals surface area contributed by atoms with Gasteiger partial charge in [0.2, 0.25) is 0 Å². The van der Waals surface area contributed by atoms with Gasteiger partial charge in [0.05, 0.1) is 18.1 Å². The van der Waals surface area contributed by atoms with Gasteiger partial charge in [0.25, 0.3) is 0 Å². The summed E-state index contributed by atoms with van der Waals surface area (Å²) in [5, 5.41) is 13.9. The number of rotatable bonds is 5. The highest BCUT2D eigenvalue weighted by molar-refractivity contribution is 5.92. The molecule has 0 radical (unpaired) electrons. The second-order valence-corrected chi connectivity index (χ2v) is 3.93. The van der Waals surface area contributed by atoms with Crippen molar-refractivity contribution in [2.24, 2.45) is 5.92 Å². The first-order chi connectivity index (χ1) is 8.54. The number of nitrogens with zero attached hydrogens (tertiary/aromatic N) is 2. The van der Waals surface area contributed by atoms with Gasteiger partial charge in [-0.2, -0.15) is 0 Å². The Morgan fingerprint density at radius 1 is 1.39 bits per heavy atom. The van der Waals surface area contributed by atoms with Crippen LogP contribution in [0.15, 0.2) is 18.7 Å². The number of carbonyl (C=O) groups is 2. The van der Waals surface area contributed by atoms with Gasteiger partial charge in [-0.05, 0) is 5.92 Å². The Kier molecular flexibility index (Phi) is 5.04. The molecule has 0 aliphatic rings. The SMILES string of the molecule is CC[C@H](C)[C@H](NC(=O)Nc1cncnc1)C(=O)O. The van der Waals surface area contributed by atoms with E-state index in [1.165, 1.54) is 18.7 Å². The number of hydrogen-bond donors (Lipinski definition) is 3. The van der Waals surface area contributed by atoms with E-state index in [0.29, 0.717) is 12.1 Å². The van der Waals surface area contributed by atoms with Crippen molar-refractivity contribution in [1.29, 1.82) is 0 Å². The Bertz CT molecular complexity index is 410. The summed E-state index contributed by atoms with van der Waals surface area (Å²) in [5.41, 5.74) is 0.406. The maximum absolute atomic E-state index is 11.6. The third-order valence-electron chi connectivity index (χ3n) is 2.58. The van der Waals surface area contributed by atoms with Crippen molar-refractivity contribution in [2.75, 3.05) is 5.32 Å². The van der Waals surface area contributed by atoms with Crippen molar-refractivity contribution < 1.29 is 14.7 Å². The van der Waals surface area contributed by atoms with Crippen LogP contribution in [0.2, 0.25) is 0 Å². The molecule has 1 heterocycles. The van der Waals surface area contributed by atoms with E-state index >= 15 is 0 Å².